The molecule has 6 nitrogen and oxygen atoms in total. The number of para-hydroxylation sites is 2. The molecule has 0 spiro atoms. The van der Waals surface area contributed by atoms with Crippen LogP contribution in [0.2, 0.25) is 0 Å². The lowest BCUT2D eigenvalue weighted by molar-refractivity contribution is 0.259. The van der Waals surface area contributed by atoms with Crippen molar-refractivity contribution in [1.29, 1.82) is 0 Å². The molecule has 22 heavy (non-hydrogen) atoms. The van der Waals surface area contributed by atoms with E-state index in [1.54, 1.807) is 0 Å². The highest BCUT2D eigenvalue weighted by Gasteiger charge is 2.09. The molecule has 0 aliphatic rings. The van der Waals surface area contributed by atoms with E-state index in [4.69, 9.17) is 4.52 Å². The van der Waals surface area contributed by atoms with Gasteiger partial charge in [-0.2, -0.15) is 4.98 Å². The predicted molar refractivity (Wildman–Crippen MR) is 84.4 cm³/mol. The third kappa shape index (κ3) is 3.33. The molecule has 6 heteroatoms. The Balaban J connectivity index is 1.56. The van der Waals surface area contributed by atoms with Gasteiger partial charge in [0.1, 0.15) is 0 Å². The van der Waals surface area contributed by atoms with E-state index < -0.39 is 0 Å². The van der Waals surface area contributed by atoms with Crippen molar-refractivity contribution in [1.82, 2.24) is 24.6 Å². The number of hydrogen-bond donors (Lipinski definition) is 0. The minimum atomic E-state index is 0.670. The lowest BCUT2D eigenvalue weighted by Crippen LogP contribution is -2.22. The number of rotatable bonds is 7. The smallest absolute Gasteiger partial charge is 0.240 e. The normalized spacial score (nSPS) is 11.6. The van der Waals surface area contributed by atoms with Crippen LogP contribution >= 0.6 is 0 Å². The second-order valence-corrected chi connectivity index (χ2v) is 5.52. The van der Waals surface area contributed by atoms with Crippen LogP contribution in [0, 0.1) is 0 Å². The highest BCUT2D eigenvalue weighted by Crippen LogP contribution is 2.12. The second kappa shape index (κ2) is 6.70. The Kier molecular flexibility index (Phi) is 4.48. The summed E-state index contributed by atoms with van der Waals surface area (Å²) in [6.45, 7) is 4.56. The van der Waals surface area contributed by atoms with E-state index in [9.17, 15) is 0 Å². The van der Waals surface area contributed by atoms with E-state index in [1.807, 2.05) is 24.5 Å². The third-order valence-electron chi connectivity index (χ3n) is 3.64. The molecule has 0 saturated heterocycles. The molecule has 0 aliphatic carbocycles. The summed E-state index contributed by atoms with van der Waals surface area (Å²) in [7, 11) is 2.06. The molecule has 0 atom stereocenters. The molecule has 3 aromatic rings. The van der Waals surface area contributed by atoms with Crippen molar-refractivity contribution in [2.24, 2.45) is 0 Å². The van der Waals surface area contributed by atoms with Gasteiger partial charge in [-0.1, -0.05) is 24.2 Å². The molecule has 0 amide bonds. The summed E-state index contributed by atoms with van der Waals surface area (Å²) in [6, 6.07) is 8.17. The van der Waals surface area contributed by atoms with Gasteiger partial charge in [0.25, 0.3) is 0 Å². The number of aromatic nitrogens is 4. The van der Waals surface area contributed by atoms with Crippen LogP contribution in [0.1, 0.15) is 25.1 Å². The van der Waals surface area contributed by atoms with E-state index in [1.165, 1.54) is 5.52 Å². The number of hydrogen-bond acceptors (Lipinski definition) is 5. The molecule has 0 aliphatic heterocycles. The largest absolute Gasteiger partial charge is 0.338 e. The van der Waals surface area contributed by atoms with Crippen LogP contribution in [-0.2, 0) is 19.5 Å². The number of fused-ring (bicyclic) bond motifs is 1. The van der Waals surface area contributed by atoms with E-state index in [0.717, 1.165) is 37.3 Å². The van der Waals surface area contributed by atoms with E-state index in [-0.39, 0.29) is 0 Å². The molecule has 2 heterocycles. The van der Waals surface area contributed by atoms with Crippen molar-refractivity contribution in [3.05, 3.63) is 42.3 Å². The number of aryl methyl sites for hydroxylation is 1. The summed E-state index contributed by atoms with van der Waals surface area (Å²) in [5, 5.41) is 3.98. The van der Waals surface area contributed by atoms with Crippen LogP contribution < -0.4 is 0 Å². The van der Waals surface area contributed by atoms with Crippen LogP contribution in [0.3, 0.4) is 0 Å². The fourth-order valence-electron chi connectivity index (χ4n) is 2.46. The van der Waals surface area contributed by atoms with Crippen molar-refractivity contribution < 1.29 is 4.52 Å². The summed E-state index contributed by atoms with van der Waals surface area (Å²) < 4.78 is 7.44. The third-order valence-corrected chi connectivity index (χ3v) is 3.64. The minimum Gasteiger partial charge on any atom is -0.338 e. The van der Waals surface area contributed by atoms with Gasteiger partial charge in [0.05, 0.1) is 23.9 Å². The molecule has 1 aromatic carbocycles. The fraction of sp³-hybridized carbons (Fsp3) is 0.438. The van der Waals surface area contributed by atoms with Gasteiger partial charge in [0.15, 0.2) is 5.82 Å². The standard InChI is InChI=1S/C16H21N5O/c1-3-6-15-18-16(22-19-15)11-20(2)9-10-21-12-17-13-7-4-5-8-14(13)21/h4-5,7-8,12H,3,6,9-11H2,1-2H3. The summed E-state index contributed by atoms with van der Waals surface area (Å²) in [6.07, 6.45) is 3.79. The van der Waals surface area contributed by atoms with Crippen LogP contribution in [-0.4, -0.2) is 38.2 Å². The van der Waals surface area contributed by atoms with Crippen molar-refractivity contribution in [2.75, 3.05) is 13.6 Å². The maximum absolute atomic E-state index is 5.27. The monoisotopic (exact) mass is 299 g/mol. The van der Waals surface area contributed by atoms with Gasteiger partial charge in [-0.05, 0) is 25.6 Å². The summed E-state index contributed by atoms with van der Waals surface area (Å²) in [5.41, 5.74) is 2.20. The summed E-state index contributed by atoms with van der Waals surface area (Å²) in [5.74, 6) is 1.48. The van der Waals surface area contributed by atoms with Crippen LogP contribution in [0.15, 0.2) is 35.1 Å². The molecular weight excluding hydrogens is 278 g/mol. The molecule has 0 radical (unpaired) electrons. The molecule has 0 fully saturated rings. The lowest BCUT2D eigenvalue weighted by atomic mass is 10.3. The van der Waals surface area contributed by atoms with Gasteiger partial charge in [-0.3, -0.25) is 4.90 Å². The van der Waals surface area contributed by atoms with E-state index in [0.29, 0.717) is 12.4 Å². The van der Waals surface area contributed by atoms with Crippen LogP contribution in [0.25, 0.3) is 11.0 Å². The highest BCUT2D eigenvalue weighted by molar-refractivity contribution is 5.74. The number of nitrogens with zero attached hydrogens (tertiary/aromatic N) is 5. The Labute approximate surface area is 129 Å². The predicted octanol–water partition coefficient (Wildman–Crippen LogP) is 2.50. The molecule has 0 saturated carbocycles. The molecule has 2 aromatic heterocycles. The Morgan fingerprint density at radius 3 is 3.00 bits per heavy atom. The van der Waals surface area contributed by atoms with Crippen molar-refractivity contribution in [3.8, 4) is 0 Å². The SMILES string of the molecule is CCCc1noc(CN(C)CCn2cnc3ccccc32)n1. The first-order valence-corrected chi connectivity index (χ1v) is 7.66. The van der Waals surface area contributed by atoms with Gasteiger partial charge in [0.2, 0.25) is 5.89 Å². The van der Waals surface area contributed by atoms with E-state index >= 15 is 0 Å². The first-order valence-electron chi connectivity index (χ1n) is 7.66. The summed E-state index contributed by atoms with van der Waals surface area (Å²) >= 11 is 0. The average molecular weight is 299 g/mol. The van der Waals surface area contributed by atoms with Crippen LogP contribution in [0.4, 0.5) is 0 Å². The van der Waals surface area contributed by atoms with Crippen molar-refractivity contribution in [2.45, 2.75) is 32.9 Å². The topological polar surface area (TPSA) is 60.0 Å². The van der Waals surface area contributed by atoms with Crippen molar-refractivity contribution >= 4 is 11.0 Å². The molecule has 116 valence electrons. The molecule has 3 rings (SSSR count). The maximum Gasteiger partial charge on any atom is 0.240 e. The van der Waals surface area contributed by atoms with Crippen LogP contribution in [0.5, 0.6) is 0 Å². The van der Waals surface area contributed by atoms with Gasteiger partial charge < -0.3 is 9.09 Å². The second-order valence-electron chi connectivity index (χ2n) is 5.52. The fourth-order valence-corrected chi connectivity index (χ4v) is 2.46. The van der Waals surface area contributed by atoms with Crippen molar-refractivity contribution in [3.63, 3.8) is 0 Å². The molecular formula is C16H21N5O. The Bertz CT molecular complexity index is 733. The number of benzene rings is 1. The Morgan fingerprint density at radius 1 is 1.27 bits per heavy atom. The average Bonchev–Trinajstić information content (AvgIpc) is 3.12. The number of likely N-dealkylation sites (N-methyl/N-ethyl adjacent to an activating group) is 1. The summed E-state index contributed by atoms with van der Waals surface area (Å²) in [4.78, 5) is 11.0. The highest BCUT2D eigenvalue weighted by atomic mass is 16.5. The van der Waals surface area contributed by atoms with Gasteiger partial charge >= 0.3 is 0 Å². The number of imidazole rings is 1. The quantitative estimate of drug-likeness (QED) is 0.671. The molecule has 0 N–H and O–H groups in total. The Hall–Kier alpha value is -2.21. The van der Waals surface area contributed by atoms with E-state index in [2.05, 4.69) is 44.6 Å². The Morgan fingerprint density at radius 2 is 2.14 bits per heavy atom. The van der Waals surface area contributed by atoms with Gasteiger partial charge in [0, 0.05) is 19.5 Å². The first kappa shape index (κ1) is 14.7. The molecule has 0 unspecified atom stereocenters. The lowest BCUT2D eigenvalue weighted by Gasteiger charge is -2.14. The zero-order valence-electron chi connectivity index (χ0n) is 13.1. The van der Waals surface area contributed by atoms with Gasteiger partial charge in [-0.15, -0.1) is 0 Å². The van der Waals surface area contributed by atoms with Gasteiger partial charge in [-0.25, -0.2) is 4.98 Å². The minimum absolute atomic E-state index is 0.670. The maximum atomic E-state index is 5.27. The zero-order chi connectivity index (χ0) is 15.4. The molecule has 0 bridgehead atoms. The zero-order valence-corrected chi connectivity index (χ0v) is 13.1. The first-order chi connectivity index (χ1) is 10.8.